The molecule has 5 heteroatoms. The Kier molecular flexibility index (Phi) is 2.58. The van der Waals surface area contributed by atoms with Crippen molar-refractivity contribution in [2.45, 2.75) is 6.92 Å². The Hall–Kier alpha value is -1.20. The minimum Gasteiger partial charge on any atom is -0.324 e. The zero-order valence-electron chi connectivity index (χ0n) is 8.20. The number of nitrogens with two attached hydrogens (primary N) is 1. The Morgan fingerprint density at radius 3 is 3.00 bits per heavy atom. The van der Waals surface area contributed by atoms with Gasteiger partial charge in [-0.25, -0.2) is 4.98 Å². The van der Waals surface area contributed by atoms with E-state index in [1.54, 1.807) is 0 Å². The van der Waals surface area contributed by atoms with Crippen LogP contribution in [0.2, 0.25) is 0 Å². The van der Waals surface area contributed by atoms with E-state index < -0.39 is 0 Å². The number of carbonyl (C=O) groups is 1. The van der Waals surface area contributed by atoms with Gasteiger partial charge in [0.2, 0.25) is 0 Å². The average Bonchev–Trinajstić information content (AvgIpc) is 2.55. The molecule has 0 atom stereocenters. The van der Waals surface area contributed by atoms with E-state index in [1.165, 1.54) is 0 Å². The van der Waals surface area contributed by atoms with Gasteiger partial charge in [-0.1, -0.05) is 6.07 Å². The standard InChI is InChI=1S/C10H10BrN3O/c1-6-2-3-8-13-9(7(15)4-12)10(11)14(8)5-6/h2-3,5H,4,12H2,1H3. The zero-order chi connectivity index (χ0) is 11.0. The summed E-state index contributed by atoms with van der Waals surface area (Å²) in [5.74, 6) is -0.164. The second-order valence-corrected chi connectivity index (χ2v) is 4.06. The first kappa shape index (κ1) is 10.3. The van der Waals surface area contributed by atoms with E-state index >= 15 is 0 Å². The lowest BCUT2D eigenvalue weighted by Gasteiger charge is -1.96. The molecule has 2 heterocycles. The average molecular weight is 268 g/mol. The summed E-state index contributed by atoms with van der Waals surface area (Å²) < 4.78 is 2.50. The van der Waals surface area contributed by atoms with E-state index in [-0.39, 0.29) is 12.3 Å². The topological polar surface area (TPSA) is 60.4 Å². The van der Waals surface area contributed by atoms with Crippen molar-refractivity contribution in [3.8, 4) is 0 Å². The molecule has 78 valence electrons. The molecule has 15 heavy (non-hydrogen) atoms. The molecular formula is C10H10BrN3O. The molecule has 0 bridgehead atoms. The molecule has 0 unspecified atom stereocenters. The Labute approximate surface area is 95.2 Å². The third-order valence-corrected chi connectivity index (χ3v) is 2.92. The molecule has 2 rings (SSSR count). The number of aryl methyl sites for hydroxylation is 1. The Bertz CT molecular complexity index is 533. The Morgan fingerprint density at radius 1 is 1.60 bits per heavy atom. The molecule has 2 N–H and O–H groups in total. The monoisotopic (exact) mass is 267 g/mol. The number of Topliss-reactive ketones (excluding diaryl/α,β-unsaturated/α-hetero) is 1. The zero-order valence-corrected chi connectivity index (χ0v) is 9.78. The van der Waals surface area contributed by atoms with Crippen LogP contribution in [-0.2, 0) is 0 Å². The van der Waals surface area contributed by atoms with Gasteiger partial charge in [0.25, 0.3) is 0 Å². The summed E-state index contributed by atoms with van der Waals surface area (Å²) in [5, 5.41) is 0. The van der Waals surface area contributed by atoms with Gasteiger partial charge in [0.1, 0.15) is 15.9 Å². The number of carbonyl (C=O) groups excluding carboxylic acids is 1. The number of aromatic nitrogens is 2. The Balaban J connectivity index is 2.69. The van der Waals surface area contributed by atoms with E-state index in [0.717, 1.165) is 11.2 Å². The highest BCUT2D eigenvalue weighted by Crippen LogP contribution is 2.19. The largest absolute Gasteiger partial charge is 0.324 e. The van der Waals surface area contributed by atoms with Crippen molar-refractivity contribution < 1.29 is 4.79 Å². The number of imidazole rings is 1. The van der Waals surface area contributed by atoms with Gasteiger partial charge in [0, 0.05) is 6.20 Å². The third-order valence-electron chi connectivity index (χ3n) is 2.16. The van der Waals surface area contributed by atoms with Crippen molar-refractivity contribution in [1.29, 1.82) is 0 Å². The second-order valence-electron chi connectivity index (χ2n) is 3.31. The molecule has 0 aliphatic rings. The summed E-state index contributed by atoms with van der Waals surface area (Å²) in [7, 11) is 0. The molecular weight excluding hydrogens is 258 g/mol. The SMILES string of the molecule is Cc1ccc2nc(C(=O)CN)c(Br)n2c1. The maximum Gasteiger partial charge on any atom is 0.197 e. The smallest absolute Gasteiger partial charge is 0.197 e. The highest BCUT2D eigenvalue weighted by Gasteiger charge is 2.15. The molecule has 0 aliphatic heterocycles. The van der Waals surface area contributed by atoms with Crippen LogP contribution in [0.1, 0.15) is 16.1 Å². The summed E-state index contributed by atoms with van der Waals surface area (Å²) in [5.41, 5.74) is 7.54. The molecule has 4 nitrogen and oxygen atoms in total. The number of rotatable bonds is 2. The lowest BCUT2D eigenvalue weighted by Crippen LogP contribution is -2.14. The summed E-state index contributed by atoms with van der Waals surface area (Å²) in [6.45, 7) is 1.96. The van der Waals surface area contributed by atoms with E-state index in [4.69, 9.17) is 5.73 Å². The fraction of sp³-hybridized carbons (Fsp3) is 0.200. The van der Waals surface area contributed by atoms with Gasteiger partial charge in [0.15, 0.2) is 5.78 Å². The quantitative estimate of drug-likeness (QED) is 0.840. The normalized spacial score (nSPS) is 10.9. The molecule has 2 aromatic heterocycles. The molecule has 0 radical (unpaired) electrons. The second kappa shape index (κ2) is 3.75. The third kappa shape index (κ3) is 1.68. The van der Waals surface area contributed by atoms with Crippen LogP contribution in [-0.4, -0.2) is 21.7 Å². The first-order valence-electron chi connectivity index (χ1n) is 4.51. The predicted molar refractivity (Wildman–Crippen MR) is 61.0 cm³/mol. The van der Waals surface area contributed by atoms with Crippen molar-refractivity contribution in [1.82, 2.24) is 9.38 Å². The fourth-order valence-electron chi connectivity index (χ4n) is 1.40. The molecule has 0 saturated carbocycles. The van der Waals surface area contributed by atoms with Crippen LogP contribution >= 0.6 is 15.9 Å². The van der Waals surface area contributed by atoms with Gasteiger partial charge in [0.05, 0.1) is 6.54 Å². The number of hydrogen-bond donors (Lipinski definition) is 1. The maximum atomic E-state index is 11.5. The molecule has 0 amide bonds. The van der Waals surface area contributed by atoms with Gasteiger partial charge < -0.3 is 5.73 Å². The van der Waals surface area contributed by atoms with Crippen molar-refractivity contribution in [2.75, 3.05) is 6.54 Å². The van der Waals surface area contributed by atoms with Crippen molar-refractivity contribution in [2.24, 2.45) is 5.73 Å². The van der Waals surface area contributed by atoms with Gasteiger partial charge in [-0.3, -0.25) is 9.20 Å². The number of halogens is 1. The molecule has 0 aliphatic carbocycles. The van der Waals surface area contributed by atoms with Crippen LogP contribution in [0.3, 0.4) is 0 Å². The summed E-state index contributed by atoms with van der Waals surface area (Å²) in [4.78, 5) is 15.7. The number of ketones is 1. The van der Waals surface area contributed by atoms with E-state index in [2.05, 4.69) is 20.9 Å². The first-order valence-corrected chi connectivity index (χ1v) is 5.30. The summed E-state index contributed by atoms with van der Waals surface area (Å²) in [6.07, 6.45) is 1.92. The lowest BCUT2D eigenvalue weighted by atomic mass is 10.3. The van der Waals surface area contributed by atoms with Crippen LogP contribution in [0.15, 0.2) is 22.9 Å². The minimum absolute atomic E-state index is 0.0263. The van der Waals surface area contributed by atoms with Crippen molar-refractivity contribution >= 4 is 27.4 Å². The molecule has 0 fully saturated rings. The molecule has 0 saturated heterocycles. The van der Waals surface area contributed by atoms with Crippen LogP contribution in [0.25, 0.3) is 5.65 Å². The molecule has 0 spiro atoms. The van der Waals surface area contributed by atoms with E-state index in [0.29, 0.717) is 10.3 Å². The number of pyridine rings is 1. The summed E-state index contributed by atoms with van der Waals surface area (Å²) in [6, 6.07) is 3.82. The van der Waals surface area contributed by atoms with Crippen molar-refractivity contribution in [3.63, 3.8) is 0 Å². The van der Waals surface area contributed by atoms with Crippen LogP contribution in [0, 0.1) is 6.92 Å². The number of hydrogen-bond acceptors (Lipinski definition) is 3. The van der Waals surface area contributed by atoms with Crippen LogP contribution in [0.5, 0.6) is 0 Å². The van der Waals surface area contributed by atoms with Gasteiger partial charge in [-0.2, -0.15) is 0 Å². The minimum atomic E-state index is -0.164. The van der Waals surface area contributed by atoms with E-state index in [1.807, 2.05) is 29.7 Å². The fourth-order valence-corrected chi connectivity index (χ4v) is 1.99. The molecule has 2 aromatic rings. The first-order chi connectivity index (χ1) is 7.13. The number of nitrogens with zero attached hydrogens (tertiary/aromatic N) is 2. The van der Waals surface area contributed by atoms with Gasteiger partial charge >= 0.3 is 0 Å². The lowest BCUT2D eigenvalue weighted by molar-refractivity contribution is 0.0996. The molecule has 0 aromatic carbocycles. The van der Waals surface area contributed by atoms with Gasteiger partial charge in [-0.15, -0.1) is 0 Å². The summed E-state index contributed by atoms with van der Waals surface area (Å²) >= 11 is 3.35. The Morgan fingerprint density at radius 2 is 2.33 bits per heavy atom. The highest BCUT2D eigenvalue weighted by molar-refractivity contribution is 9.10. The maximum absolute atomic E-state index is 11.5. The number of fused-ring (bicyclic) bond motifs is 1. The van der Waals surface area contributed by atoms with E-state index in [9.17, 15) is 4.79 Å². The van der Waals surface area contributed by atoms with Gasteiger partial charge in [-0.05, 0) is 34.5 Å². The van der Waals surface area contributed by atoms with Crippen molar-refractivity contribution in [3.05, 3.63) is 34.2 Å². The highest BCUT2D eigenvalue weighted by atomic mass is 79.9. The predicted octanol–water partition coefficient (Wildman–Crippen LogP) is 1.55. The van der Waals surface area contributed by atoms with Crippen LogP contribution in [0.4, 0.5) is 0 Å². The van der Waals surface area contributed by atoms with Crippen LogP contribution < -0.4 is 5.73 Å².